The summed E-state index contributed by atoms with van der Waals surface area (Å²) in [7, 11) is 2.22. The molecule has 192 valence electrons. The summed E-state index contributed by atoms with van der Waals surface area (Å²) in [4.78, 5) is 9.29. The van der Waals surface area contributed by atoms with E-state index >= 15 is 0 Å². The lowest BCUT2D eigenvalue weighted by molar-refractivity contribution is -0.0494. The van der Waals surface area contributed by atoms with Crippen molar-refractivity contribution in [3.63, 3.8) is 0 Å². The molecule has 3 heterocycles. The molecule has 9 heteroatoms. The van der Waals surface area contributed by atoms with E-state index in [1.54, 1.807) is 6.20 Å². The Morgan fingerprint density at radius 2 is 1.97 bits per heavy atom. The SMILES string of the molecule is CCC(C)n1nc(-c2cnc(N)c(OC(F)F)c2)cc1[C@@H]1CC2C[C@H]1C[C@@H]2N1CCN(C)CC1C. The van der Waals surface area contributed by atoms with Gasteiger partial charge in [-0.15, -0.1) is 0 Å². The minimum absolute atomic E-state index is 0.0482. The van der Waals surface area contributed by atoms with E-state index in [9.17, 15) is 8.78 Å². The monoisotopic (exact) mass is 488 g/mol. The molecule has 2 saturated carbocycles. The molecule has 3 unspecified atom stereocenters. The number of fused-ring (bicyclic) bond motifs is 2. The predicted molar refractivity (Wildman–Crippen MR) is 133 cm³/mol. The normalized spacial score (nSPS) is 30.3. The van der Waals surface area contributed by atoms with E-state index in [-0.39, 0.29) is 17.6 Å². The number of hydrogen-bond acceptors (Lipinski definition) is 6. The predicted octanol–water partition coefficient (Wildman–Crippen LogP) is 4.62. The Bertz CT molecular complexity index is 1040. The van der Waals surface area contributed by atoms with E-state index in [0.29, 0.717) is 29.5 Å². The summed E-state index contributed by atoms with van der Waals surface area (Å²) < 4.78 is 32.4. The third-order valence-corrected chi connectivity index (χ3v) is 8.67. The number of pyridine rings is 1. The molecule has 2 aromatic rings. The van der Waals surface area contributed by atoms with E-state index < -0.39 is 6.61 Å². The molecule has 5 rings (SSSR count). The fraction of sp³-hybridized carbons (Fsp3) is 0.692. The van der Waals surface area contributed by atoms with Crippen LogP contribution in [-0.4, -0.2) is 69.9 Å². The molecule has 3 aliphatic rings. The first-order valence-electron chi connectivity index (χ1n) is 13.0. The maximum absolute atomic E-state index is 12.8. The van der Waals surface area contributed by atoms with Gasteiger partial charge in [0, 0.05) is 61.1 Å². The van der Waals surface area contributed by atoms with Crippen LogP contribution >= 0.6 is 0 Å². The van der Waals surface area contributed by atoms with Crippen LogP contribution in [0.5, 0.6) is 5.75 Å². The summed E-state index contributed by atoms with van der Waals surface area (Å²) >= 11 is 0. The van der Waals surface area contributed by atoms with E-state index in [2.05, 4.69) is 58.1 Å². The second-order valence-electron chi connectivity index (χ2n) is 10.9. The fourth-order valence-electron chi connectivity index (χ4n) is 6.80. The van der Waals surface area contributed by atoms with Crippen molar-refractivity contribution in [2.24, 2.45) is 11.8 Å². The molecular formula is C26H38F2N6O. The van der Waals surface area contributed by atoms with Crippen LogP contribution in [0.4, 0.5) is 14.6 Å². The molecule has 1 aliphatic heterocycles. The number of nitrogen functional groups attached to an aromatic ring is 1. The van der Waals surface area contributed by atoms with Crippen LogP contribution in [0, 0.1) is 11.8 Å². The summed E-state index contributed by atoms with van der Waals surface area (Å²) in [6.45, 7) is 7.24. The zero-order valence-corrected chi connectivity index (χ0v) is 21.2. The lowest BCUT2D eigenvalue weighted by Gasteiger charge is -2.45. The van der Waals surface area contributed by atoms with Crippen molar-refractivity contribution in [2.75, 3.05) is 32.4 Å². The van der Waals surface area contributed by atoms with Gasteiger partial charge in [0.25, 0.3) is 0 Å². The molecule has 6 atom stereocenters. The molecule has 2 bridgehead atoms. The number of nitrogens with two attached hydrogens (primary N) is 1. The Hall–Kier alpha value is -2.26. The van der Waals surface area contributed by atoms with Gasteiger partial charge in [-0.05, 0) is 70.5 Å². The number of nitrogens with zero attached hydrogens (tertiary/aromatic N) is 5. The average Bonchev–Trinajstić information content (AvgIpc) is 3.53. The second-order valence-corrected chi connectivity index (χ2v) is 10.9. The average molecular weight is 489 g/mol. The fourth-order valence-corrected chi connectivity index (χ4v) is 6.80. The highest BCUT2D eigenvalue weighted by atomic mass is 19.3. The molecule has 2 aliphatic carbocycles. The molecule has 0 radical (unpaired) electrons. The Kier molecular flexibility index (Phi) is 6.74. The van der Waals surface area contributed by atoms with Gasteiger partial charge in [0.05, 0.1) is 5.69 Å². The van der Waals surface area contributed by atoms with Crippen molar-refractivity contribution in [1.29, 1.82) is 0 Å². The maximum Gasteiger partial charge on any atom is 0.387 e. The van der Waals surface area contributed by atoms with Crippen LogP contribution in [0.1, 0.15) is 64.1 Å². The smallest absolute Gasteiger partial charge is 0.387 e. The minimum atomic E-state index is -2.95. The van der Waals surface area contributed by atoms with E-state index in [0.717, 1.165) is 31.1 Å². The van der Waals surface area contributed by atoms with Gasteiger partial charge in [0.2, 0.25) is 0 Å². The van der Waals surface area contributed by atoms with Gasteiger partial charge in [-0.3, -0.25) is 9.58 Å². The van der Waals surface area contributed by atoms with Crippen molar-refractivity contribution in [1.82, 2.24) is 24.6 Å². The first-order valence-corrected chi connectivity index (χ1v) is 13.0. The summed E-state index contributed by atoms with van der Waals surface area (Å²) in [5.74, 6) is 1.71. The van der Waals surface area contributed by atoms with Gasteiger partial charge >= 0.3 is 6.61 Å². The zero-order valence-electron chi connectivity index (χ0n) is 21.2. The molecule has 0 amide bonds. The number of alkyl halides is 2. The zero-order chi connectivity index (χ0) is 24.9. The Balaban J connectivity index is 1.40. The van der Waals surface area contributed by atoms with Crippen molar-refractivity contribution in [2.45, 2.75) is 77.1 Å². The largest absolute Gasteiger partial charge is 0.431 e. The summed E-state index contributed by atoms with van der Waals surface area (Å²) in [6.07, 6.45) is 6.28. The number of piperazine rings is 1. The highest BCUT2D eigenvalue weighted by molar-refractivity contribution is 5.64. The number of aromatic nitrogens is 3. The van der Waals surface area contributed by atoms with Crippen molar-refractivity contribution in [3.05, 3.63) is 24.0 Å². The molecule has 0 spiro atoms. The molecule has 2 aromatic heterocycles. The first-order chi connectivity index (χ1) is 16.7. The number of hydrogen-bond donors (Lipinski definition) is 1. The second kappa shape index (κ2) is 9.65. The summed E-state index contributed by atoms with van der Waals surface area (Å²) in [5.41, 5.74) is 8.39. The Morgan fingerprint density at radius 1 is 1.17 bits per heavy atom. The summed E-state index contributed by atoms with van der Waals surface area (Å²) in [5, 5.41) is 4.94. The molecule has 7 nitrogen and oxygen atoms in total. The van der Waals surface area contributed by atoms with Gasteiger partial charge < -0.3 is 15.4 Å². The topological polar surface area (TPSA) is 72.4 Å². The van der Waals surface area contributed by atoms with Gasteiger partial charge in [-0.2, -0.15) is 13.9 Å². The maximum atomic E-state index is 12.8. The van der Waals surface area contributed by atoms with Gasteiger partial charge in [-0.1, -0.05) is 6.92 Å². The van der Waals surface area contributed by atoms with Gasteiger partial charge in [0.1, 0.15) is 0 Å². The molecule has 2 N–H and O–H groups in total. The van der Waals surface area contributed by atoms with Crippen LogP contribution in [0.15, 0.2) is 18.3 Å². The van der Waals surface area contributed by atoms with E-state index in [4.69, 9.17) is 10.8 Å². The van der Waals surface area contributed by atoms with Crippen molar-refractivity contribution >= 4 is 5.82 Å². The molecule has 1 saturated heterocycles. The molecule has 35 heavy (non-hydrogen) atoms. The van der Waals surface area contributed by atoms with Crippen LogP contribution in [0.3, 0.4) is 0 Å². The standard InChI is InChI=1S/C26H38F2N6O/c1-5-15(2)34-23(12-21(31-34)19-11-24(35-26(27)28)25(29)30-13-19)20-9-18-8-17(20)10-22(18)33-7-6-32(4)14-16(33)3/h11-13,15-18,20,22,26H,5-10,14H2,1-4H3,(H2,29,30)/t15?,16?,17-,18?,20+,22-/m0/s1. The number of anilines is 1. The van der Waals surface area contributed by atoms with Crippen LogP contribution in [0.25, 0.3) is 11.3 Å². The van der Waals surface area contributed by atoms with Gasteiger partial charge in [-0.25, -0.2) is 4.98 Å². The third-order valence-electron chi connectivity index (χ3n) is 8.67. The quantitative estimate of drug-likeness (QED) is 0.613. The van der Waals surface area contributed by atoms with E-state index in [1.807, 2.05) is 0 Å². The lowest BCUT2D eigenvalue weighted by Crippen LogP contribution is -2.55. The highest BCUT2D eigenvalue weighted by Gasteiger charge is 2.50. The highest BCUT2D eigenvalue weighted by Crippen LogP contribution is 2.55. The molecular weight excluding hydrogens is 450 g/mol. The number of rotatable bonds is 7. The number of halogens is 2. The Morgan fingerprint density at radius 3 is 2.63 bits per heavy atom. The van der Waals surface area contributed by atoms with Crippen LogP contribution < -0.4 is 10.5 Å². The van der Waals surface area contributed by atoms with Crippen LogP contribution in [0.2, 0.25) is 0 Å². The number of likely N-dealkylation sites (N-methyl/N-ethyl adjacent to an activating group) is 1. The van der Waals surface area contributed by atoms with Crippen molar-refractivity contribution < 1.29 is 13.5 Å². The minimum Gasteiger partial charge on any atom is -0.431 e. The first kappa shape index (κ1) is 24.4. The van der Waals surface area contributed by atoms with Gasteiger partial charge in [0.15, 0.2) is 11.6 Å². The Labute approximate surface area is 206 Å². The third kappa shape index (κ3) is 4.65. The molecule has 3 fully saturated rings. The number of ether oxygens (including phenoxy) is 1. The van der Waals surface area contributed by atoms with Crippen LogP contribution in [-0.2, 0) is 0 Å². The lowest BCUT2D eigenvalue weighted by atomic mass is 9.82. The van der Waals surface area contributed by atoms with Crippen molar-refractivity contribution in [3.8, 4) is 17.0 Å². The van der Waals surface area contributed by atoms with E-state index in [1.165, 1.54) is 37.6 Å². The molecule has 0 aromatic carbocycles. The summed E-state index contributed by atoms with van der Waals surface area (Å²) in [6, 6.07) is 5.22.